The van der Waals surface area contributed by atoms with Crippen LogP contribution in [-0.2, 0) is 32.6 Å². The van der Waals surface area contributed by atoms with E-state index in [0.717, 1.165) is 28.6 Å². The number of carbonyl (C=O) groups excluding carboxylic acids is 2. The molecule has 3 heterocycles. The minimum absolute atomic E-state index is 0.264. The molecule has 212 valence electrons. The van der Waals surface area contributed by atoms with Crippen LogP contribution in [0.3, 0.4) is 0 Å². The second-order valence-electron chi connectivity index (χ2n) is 11.2. The quantitative estimate of drug-likeness (QED) is 0.435. The maximum atomic E-state index is 13.0. The van der Waals surface area contributed by atoms with Gasteiger partial charge in [-0.15, -0.1) is 0 Å². The highest BCUT2D eigenvalue weighted by Crippen LogP contribution is 2.47. The number of hydrogen-bond acceptors (Lipinski definition) is 6. The molecule has 5 rings (SSSR count). The fourth-order valence-electron chi connectivity index (χ4n) is 6.10. The van der Waals surface area contributed by atoms with Crippen molar-refractivity contribution in [2.24, 2.45) is 5.41 Å². The Morgan fingerprint density at radius 3 is 2.58 bits per heavy atom. The molecule has 2 fully saturated rings. The van der Waals surface area contributed by atoms with Crippen LogP contribution in [0.2, 0.25) is 0 Å². The fraction of sp³-hybridized carbons (Fsp3) is 0.433. The van der Waals surface area contributed by atoms with Crippen LogP contribution in [0.25, 0.3) is 10.9 Å². The zero-order valence-electron chi connectivity index (χ0n) is 22.4. The maximum absolute atomic E-state index is 13.0. The van der Waals surface area contributed by atoms with E-state index in [1.807, 2.05) is 31.2 Å². The Balaban J connectivity index is 1.40. The SMILES string of the molecule is COC[C@]1(C)CN(Cc2ccc(C(F)(F)F)cc2)CC[C@]1(O)c1ccc2ncc([C@H]3CCC(=O)NC3=O)cc2c1. The number of nitrogens with zero attached hydrogens (tertiary/aromatic N) is 2. The summed E-state index contributed by atoms with van der Waals surface area (Å²) in [7, 11) is 1.58. The van der Waals surface area contributed by atoms with Crippen LogP contribution in [0.15, 0.2) is 54.7 Å². The van der Waals surface area contributed by atoms with Crippen molar-refractivity contribution in [3.05, 3.63) is 77.0 Å². The predicted octanol–water partition coefficient (Wildman–Crippen LogP) is 4.52. The number of methoxy groups -OCH3 is 1. The number of carbonyl (C=O) groups is 2. The first-order valence-electron chi connectivity index (χ1n) is 13.3. The zero-order valence-corrected chi connectivity index (χ0v) is 22.4. The average molecular weight is 556 g/mol. The van der Waals surface area contributed by atoms with Crippen LogP contribution >= 0.6 is 0 Å². The summed E-state index contributed by atoms with van der Waals surface area (Å²) in [5.41, 5.74) is 0.239. The van der Waals surface area contributed by atoms with Crippen molar-refractivity contribution in [1.29, 1.82) is 0 Å². The van der Waals surface area contributed by atoms with Gasteiger partial charge >= 0.3 is 6.18 Å². The molecule has 7 nitrogen and oxygen atoms in total. The first kappa shape index (κ1) is 28.2. The molecule has 3 aromatic rings. The van der Waals surface area contributed by atoms with Gasteiger partial charge in [0.25, 0.3) is 0 Å². The number of rotatable bonds is 6. The normalized spacial score (nSPS) is 26.2. The number of pyridine rings is 1. The van der Waals surface area contributed by atoms with Crippen LogP contribution in [0.1, 0.15) is 54.4 Å². The van der Waals surface area contributed by atoms with Gasteiger partial charge in [-0.3, -0.25) is 24.8 Å². The lowest BCUT2D eigenvalue weighted by Gasteiger charge is -2.52. The van der Waals surface area contributed by atoms with Crippen LogP contribution in [-0.4, -0.2) is 53.6 Å². The molecular formula is C30H32F3N3O4. The Labute approximate surface area is 230 Å². The zero-order chi connectivity index (χ0) is 28.7. The van der Waals surface area contributed by atoms with Crippen LogP contribution in [0.4, 0.5) is 13.2 Å². The van der Waals surface area contributed by atoms with Gasteiger partial charge in [-0.2, -0.15) is 13.2 Å². The van der Waals surface area contributed by atoms with E-state index in [9.17, 15) is 27.9 Å². The van der Waals surface area contributed by atoms with E-state index in [0.29, 0.717) is 43.6 Å². The number of alkyl halides is 3. The van der Waals surface area contributed by atoms with Crippen molar-refractivity contribution >= 4 is 22.7 Å². The smallest absolute Gasteiger partial charge is 0.384 e. The first-order chi connectivity index (χ1) is 18.9. The lowest BCUT2D eigenvalue weighted by atomic mass is 9.65. The molecule has 0 spiro atoms. The molecule has 3 atom stereocenters. The van der Waals surface area contributed by atoms with E-state index in [2.05, 4.69) is 15.2 Å². The van der Waals surface area contributed by atoms with Gasteiger partial charge in [-0.05, 0) is 59.9 Å². The third kappa shape index (κ3) is 5.35. The van der Waals surface area contributed by atoms with E-state index in [1.54, 1.807) is 13.3 Å². The summed E-state index contributed by atoms with van der Waals surface area (Å²) in [6.45, 7) is 3.66. The van der Waals surface area contributed by atoms with Gasteiger partial charge in [0.15, 0.2) is 0 Å². The van der Waals surface area contributed by atoms with Gasteiger partial charge in [-0.25, -0.2) is 0 Å². The van der Waals surface area contributed by atoms with Crippen LogP contribution in [0.5, 0.6) is 0 Å². The standard InChI is InChI=1S/C30H32F3N3O4/c1-28(18-40-2)17-36(16-19-3-5-22(6-4-19)30(31,32)33)12-11-29(28,39)23-7-9-25-20(14-23)13-21(15-34-25)24-8-10-26(37)35-27(24)38/h3-7,9,13-15,24,39H,8,10-12,16-18H2,1-2H3,(H,35,37,38)/t24-,28+,29+/m1/s1. The Kier molecular flexibility index (Phi) is 7.45. The van der Waals surface area contributed by atoms with Gasteiger partial charge in [0, 0.05) is 50.2 Å². The van der Waals surface area contributed by atoms with Crippen molar-refractivity contribution in [2.75, 3.05) is 26.8 Å². The molecule has 0 radical (unpaired) electrons. The average Bonchev–Trinajstić information content (AvgIpc) is 2.90. The van der Waals surface area contributed by atoms with Crippen LogP contribution in [0, 0.1) is 5.41 Å². The van der Waals surface area contributed by atoms with Gasteiger partial charge in [0.05, 0.1) is 29.2 Å². The Morgan fingerprint density at radius 1 is 1.15 bits per heavy atom. The minimum atomic E-state index is -4.38. The highest BCUT2D eigenvalue weighted by atomic mass is 19.4. The number of aliphatic hydroxyl groups is 1. The van der Waals surface area contributed by atoms with Crippen LogP contribution < -0.4 is 5.32 Å². The summed E-state index contributed by atoms with van der Waals surface area (Å²) in [4.78, 5) is 30.6. The summed E-state index contributed by atoms with van der Waals surface area (Å²) in [5, 5.41) is 15.4. The Morgan fingerprint density at radius 2 is 1.90 bits per heavy atom. The number of benzene rings is 2. The van der Waals surface area contributed by atoms with E-state index in [-0.39, 0.29) is 24.8 Å². The van der Waals surface area contributed by atoms with E-state index < -0.39 is 28.7 Å². The molecule has 2 amide bonds. The number of amides is 2. The van der Waals surface area contributed by atoms with Crippen molar-refractivity contribution in [2.45, 2.75) is 50.4 Å². The van der Waals surface area contributed by atoms with E-state index >= 15 is 0 Å². The first-order valence-corrected chi connectivity index (χ1v) is 13.3. The number of likely N-dealkylation sites (tertiary alicyclic amines) is 1. The second-order valence-corrected chi connectivity index (χ2v) is 11.2. The molecule has 1 aromatic heterocycles. The highest BCUT2D eigenvalue weighted by Gasteiger charge is 2.52. The minimum Gasteiger partial charge on any atom is -0.384 e. The number of fused-ring (bicyclic) bond motifs is 1. The third-order valence-electron chi connectivity index (χ3n) is 8.33. The number of piperidine rings is 2. The maximum Gasteiger partial charge on any atom is 0.416 e. The molecule has 2 aliphatic rings. The highest BCUT2D eigenvalue weighted by molar-refractivity contribution is 6.01. The lowest BCUT2D eigenvalue weighted by Crippen LogP contribution is -2.58. The second kappa shape index (κ2) is 10.6. The van der Waals surface area contributed by atoms with Gasteiger partial charge in [0.1, 0.15) is 0 Å². The van der Waals surface area contributed by atoms with Gasteiger partial charge in [0.2, 0.25) is 11.8 Å². The summed E-state index contributed by atoms with van der Waals surface area (Å²) in [5.74, 6) is -1.07. The molecule has 2 N–H and O–H groups in total. The number of halogens is 3. The number of imide groups is 1. The fourth-order valence-corrected chi connectivity index (χ4v) is 6.10. The summed E-state index contributed by atoms with van der Waals surface area (Å²) in [6.07, 6.45) is -1.64. The third-order valence-corrected chi connectivity index (χ3v) is 8.33. The summed E-state index contributed by atoms with van der Waals surface area (Å²) < 4.78 is 44.5. The predicted molar refractivity (Wildman–Crippen MR) is 142 cm³/mol. The molecule has 2 aliphatic heterocycles. The molecular weight excluding hydrogens is 523 g/mol. The topological polar surface area (TPSA) is 91.8 Å². The monoisotopic (exact) mass is 555 g/mol. The number of ether oxygens (including phenoxy) is 1. The number of hydrogen-bond donors (Lipinski definition) is 2. The van der Waals surface area contributed by atoms with Gasteiger partial charge < -0.3 is 9.84 Å². The molecule has 10 heteroatoms. The van der Waals surface area contributed by atoms with E-state index in [1.165, 1.54) is 12.1 Å². The molecule has 0 saturated carbocycles. The number of aromatic nitrogens is 1. The molecule has 40 heavy (non-hydrogen) atoms. The van der Waals surface area contributed by atoms with Crippen molar-refractivity contribution in [3.63, 3.8) is 0 Å². The summed E-state index contributed by atoms with van der Waals surface area (Å²) in [6, 6.07) is 12.7. The molecule has 0 bridgehead atoms. The summed E-state index contributed by atoms with van der Waals surface area (Å²) >= 11 is 0. The van der Waals surface area contributed by atoms with Crippen molar-refractivity contribution in [1.82, 2.24) is 15.2 Å². The van der Waals surface area contributed by atoms with Crippen molar-refractivity contribution in [3.8, 4) is 0 Å². The molecule has 2 aromatic carbocycles. The Bertz CT molecular complexity index is 1430. The Hall–Kier alpha value is -3.34. The molecule has 0 aliphatic carbocycles. The van der Waals surface area contributed by atoms with E-state index in [4.69, 9.17) is 4.74 Å². The molecule has 2 saturated heterocycles. The number of nitrogens with one attached hydrogen (secondary N) is 1. The molecule has 0 unspecified atom stereocenters. The largest absolute Gasteiger partial charge is 0.416 e. The lowest BCUT2D eigenvalue weighted by molar-refractivity contribution is -0.158. The van der Waals surface area contributed by atoms with Crippen molar-refractivity contribution < 1.29 is 32.6 Å². The van der Waals surface area contributed by atoms with Gasteiger partial charge in [-0.1, -0.05) is 25.1 Å².